The Bertz CT molecular complexity index is 2860. The van der Waals surface area contributed by atoms with E-state index in [4.69, 9.17) is 27.4 Å². The van der Waals surface area contributed by atoms with E-state index < -0.39 is 41.0 Å². The second-order valence-corrected chi connectivity index (χ2v) is 14.8. The molecule has 0 aliphatic carbocycles. The molecule has 0 saturated carbocycles. The zero-order valence-corrected chi connectivity index (χ0v) is 36.5. The van der Waals surface area contributed by atoms with Gasteiger partial charge in [0, 0.05) is 94.8 Å². The summed E-state index contributed by atoms with van der Waals surface area (Å²) in [6.45, 7) is 0.533. The molecule has 8 rings (SSSR count). The van der Waals surface area contributed by atoms with Gasteiger partial charge in [-0.15, -0.1) is 0 Å². The number of aromatic amines is 1. The van der Waals surface area contributed by atoms with Crippen LogP contribution in [-0.2, 0) is 26.5 Å². The Morgan fingerprint density at radius 3 is 2.20 bits per heavy atom. The Kier molecular flexibility index (Phi) is 13.0. The fraction of sp³-hybridized carbons (Fsp3) is 0.167. The van der Waals surface area contributed by atoms with Crippen molar-refractivity contribution in [3.8, 4) is 23.0 Å². The SMILES string of the molecule is Nc1nc2ncc(CNc3ccc(C(=O)NC(CCC(=O)NCCNC(=S)Nc4ccc5c(c4)C(=O)OC54c5ccc(O)cc5Oc5cc(O)ccc54)C(=O)O)cc3)nc2c(=O)[nH]1.[Na]. The number of rotatable bonds is 13. The number of ether oxygens (including phenoxy) is 2. The monoisotopic (exact) mass is 895 g/mol. The molecule has 0 fully saturated rings. The van der Waals surface area contributed by atoms with E-state index in [2.05, 4.69) is 46.5 Å². The van der Waals surface area contributed by atoms with Crippen molar-refractivity contribution in [1.29, 1.82) is 0 Å². The maximum Gasteiger partial charge on any atom is 0.340 e. The minimum atomic E-state index is -1.41. The van der Waals surface area contributed by atoms with Crippen molar-refractivity contribution in [2.24, 2.45) is 0 Å². The summed E-state index contributed by atoms with van der Waals surface area (Å²) >= 11 is 5.43. The van der Waals surface area contributed by atoms with Gasteiger partial charge in [-0.25, -0.2) is 19.6 Å². The number of aromatic hydroxyl groups is 2. The number of nitrogens with zero attached hydrogens (tertiary/aromatic N) is 3. The first-order valence-electron chi connectivity index (χ1n) is 19.2. The van der Waals surface area contributed by atoms with Crippen LogP contribution in [0, 0.1) is 0 Å². The summed E-state index contributed by atoms with van der Waals surface area (Å²) < 4.78 is 12.1. The third-order valence-electron chi connectivity index (χ3n) is 10.1. The smallest absolute Gasteiger partial charge is 0.340 e. The quantitative estimate of drug-likeness (QED) is 0.0345. The van der Waals surface area contributed by atoms with Gasteiger partial charge in [0.25, 0.3) is 11.5 Å². The molecule has 2 amide bonds. The molecule has 1 spiro atoms. The van der Waals surface area contributed by atoms with Crippen LogP contribution in [0.3, 0.4) is 0 Å². The third-order valence-corrected chi connectivity index (χ3v) is 10.4. The Labute approximate surface area is 389 Å². The zero-order valence-electron chi connectivity index (χ0n) is 33.7. The Morgan fingerprint density at radius 2 is 1.52 bits per heavy atom. The molecule has 0 saturated heterocycles. The summed E-state index contributed by atoms with van der Waals surface area (Å²) in [5.41, 5.74) is 7.24. The number of anilines is 3. The van der Waals surface area contributed by atoms with Crippen LogP contribution in [0.4, 0.5) is 17.3 Å². The summed E-state index contributed by atoms with van der Waals surface area (Å²) in [5, 5.41) is 44.4. The number of phenols is 2. The van der Waals surface area contributed by atoms with Crippen LogP contribution < -0.4 is 42.6 Å². The van der Waals surface area contributed by atoms with Gasteiger partial charge in [0.1, 0.15) is 29.0 Å². The number of hydrogen-bond acceptors (Lipinski definition) is 15. The first-order chi connectivity index (χ1) is 30.3. The van der Waals surface area contributed by atoms with Gasteiger partial charge in [-0.1, -0.05) is 6.07 Å². The number of amides is 2. The van der Waals surface area contributed by atoms with Gasteiger partial charge in [0.05, 0.1) is 24.0 Å². The van der Waals surface area contributed by atoms with Crippen molar-refractivity contribution in [1.82, 2.24) is 35.9 Å². The summed E-state index contributed by atoms with van der Waals surface area (Å²) in [6.07, 6.45) is 1.09. The standard InChI is InChI=1S/C42H36N10O10S.Na/c43-40-51-35-34(37(57)52-40)48-23(19-47-35)18-46-21-3-1-20(2-4-21)36(56)50-30(38(58)59)11-12-33(55)44-13-14-45-41(63)49-22-5-8-27-26(15-22)39(60)62-42(27)28-9-6-24(53)16-31(28)61-32-17-25(54)7-10-29(32)42;/h1-10,15-17,19,30,46,53-54H,11-14,18H2,(H,44,55)(H,50,56)(H,58,59)(H2,45,49,63)(H3,43,47,51,52,57);. The number of nitrogen functional groups attached to an aromatic ring is 1. The second kappa shape index (κ2) is 18.6. The predicted octanol–water partition coefficient (Wildman–Crippen LogP) is 2.57. The van der Waals surface area contributed by atoms with Crippen molar-refractivity contribution < 1.29 is 44.0 Å². The van der Waals surface area contributed by atoms with Gasteiger partial charge in [0.2, 0.25) is 11.9 Å². The topological polar surface area (TPSA) is 305 Å². The van der Waals surface area contributed by atoms with Crippen LogP contribution in [0.25, 0.3) is 11.2 Å². The number of aromatic nitrogens is 4. The Balaban J connectivity index is 0.00000612. The van der Waals surface area contributed by atoms with Crippen LogP contribution in [0.2, 0.25) is 0 Å². The van der Waals surface area contributed by atoms with Gasteiger partial charge in [-0.3, -0.25) is 19.4 Å². The second-order valence-electron chi connectivity index (χ2n) is 14.3. The third kappa shape index (κ3) is 9.22. The van der Waals surface area contributed by atoms with E-state index in [9.17, 15) is 39.3 Å². The van der Waals surface area contributed by atoms with Gasteiger partial charge >= 0.3 is 11.9 Å². The molecule has 2 aliphatic rings. The van der Waals surface area contributed by atoms with Crippen LogP contribution in [0.5, 0.6) is 23.0 Å². The van der Waals surface area contributed by atoms with E-state index in [0.717, 1.165) is 0 Å². The number of nitrogens with two attached hydrogens (primary N) is 1. The van der Waals surface area contributed by atoms with E-state index in [1.165, 1.54) is 42.6 Å². The van der Waals surface area contributed by atoms with E-state index in [1.54, 1.807) is 42.5 Å². The van der Waals surface area contributed by atoms with Gasteiger partial charge in [-0.05, 0) is 79.3 Å². The van der Waals surface area contributed by atoms with Gasteiger partial charge in [-0.2, -0.15) is 4.98 Å². The number of H-pyrrole nitrogens is 1. The predicted molar refractivity (Wildman–Crippen MR) is 235 cm³/mol. The summed E-state index contributed by atoms with van der Waals surface area (Å²) in [6, 6.07) is 18.9. The Hall–Kier alpha value is -7.33. The molecule has 321 valence electrons. The molecular weight excluding hydrogens is 860 g/mol. The molecule has 1 atom stereocenters. The van der Waals surface area contributed by atoms with Crippen LogP contribution >= 0.6 is 12.2 Å². The molecule has 2 aliphatic heterocycles. The molecule has 64 heavy (non-hydrogen) atoms. The number of aliphatic carboxylic acids is 1. The van der Waals surface area contributed by atoms with Gasteiger partial charge < -0.3 is 57.1 Å². The first-order valence-corrected chi connectivity index (χ1v) is 19.6. The molecular formula is C42H36N10NaO10S. The van der Waals surface area contributed by atoms with Crippen molar-refractivity contribution in [2.45, 2.75) is 31.0 Å². The molecule has 20 nitrogen and oxygen atoms in total. The number of benzene rings is 4. The van der Waals surface area contributed by atoms with Gasteiger partial charge in [0.15, 0.2) is 21.9 Å². The maximum atomic E-state index is 13.4. The molecule has 1 unspecified atom stereocenters. The number of fused-ring (bicyclic) bond motifs is 7. The summed E-state index contributed by atoms with van der Waals surface area (Å²) in [5.74, 6) is -2.67. The average molecular weight is 896 g/mol. The van der Waals surface area contributed by atoms with E-state index in [-0.39, 0.29) is 118 Å². The van der Waals surface area contributed by atoms with Crippen LogP contribution in [0.1, 0.15) is 55.9 Å². The van der Waals surface area contributed by atoms with Crippen molar-refractivity contribution >= 4 is 99.1 Å². The number of phenolic OH excluding ortho intramolecular Hbond substituents is 2. The van der Waals surface area contributed by atoms with E-state index >= 15 is 0 Å². The fourth-order valence-corrected chi connectivity index (χ4v) is 7.41. The molecule has 6 aromatic rings. The number of thiocarbonyl (C=S) groups is 1. The van der Waals surface area contributed by atoms with E-state index in [0.29, 0.717) is 33.8 Å². The van der Waals surface area contributed by atoms with E-state index in [1.807, 2.05) is 0 Å². The largest absolute Gasteiger partial charge is 0.508 e. The van der Waals surface area contributed by atoms with Crippen molar-refractivity contribution in [3.63, 3.8) is 0 Å². The van der Waals surface area contributed by atoms with Crippen LogP contribution in [0.15, 0.2) is 89.9 Å². The number of carbonyl (C=O) groups is 4. The molecule has 2 aromatic heterocycles. The minimum Gasteiger partial charge on any atom is -0.508 e. The normalized spacial score (nSPS) is 13.2. The number of hydrogen-bond donors (Lipinski definition) is 10. The van der Waals surface area contributed by atoms with Crippen molar-refractivity contribution in [2.75, 3.05) is 29.5 Å². The van der Waals surface area contributed by atoms with Crippen LogP contribution in [-0.4, -0.2) is 113 Å². The summed E-state index contributed by atoms with van der Waals surface area (Å²) in [4.78, 5) is 77.7. The van der Waals surface area contributed by atoms with Crippen molar-refractivity contribution in [3.05, 3.63) is 129 Å². The Morgan fingerprint density at radius 1 is 0.859 bits per heavy atom. The molecule has 4 aromatic carbocycles. The average Bonchev–Trinajstić information content (AvgIpc) is 3.53. The number of carboxylic acid groups (broad SMARTS) is 1. The number of carboxylic acids is 1. The minimum absolute atomic E-state index is 0. The maximum absolute atomic E-state index is 13.4. The molecule has 4 heterocycles. The first kappa shape index (κ1) is 44.7. The number of nitrogens with one attached hydrogen (secondary N) is 6. The zero-order chi connectivity index (χ0) is 44.4. The number of carbonyl (C=O) groups excluding carboxylic acids is 3. The molecule has 1 radical (unpaired) electrons. The molecule has 0 bridgehead atoms. The summed E-state index contributed by atoms with van der Waals surface area (Å²) in [7, 11) is 0. The number of esters is 1. The molecule has 22 heteroatoms. The fourth-order valence-electron chi connectivity index (χ4n) is 7.19. The molecule has 11 N–H and O–H groups in total.